The number of carbonyl (C=O) groups is 2. The second-order valence-electron chi connectivity index (χ2n) is 5.11. The van der Waals surface area contributed by atoms with Crippen LogP contribution in [0.2, 0.25) is 20.1 Å². The molecular formula is C17H13Cl4NO4. The highest BCUT2D eigenvalue weighted by Gasteiger charge is 2.19. The molecule has 0 unspecified atom stereocenters. The number of ether oxygens (including phenoxy) is 2. The van der Waals surface area contributed by atoms with Gasteiger partial charge in [0.05, 0.1) is 15.7 Å². The summed E-state index contributed by atoms with van der Waals surface area (Å²) < 4.78 is 10.3. The van der Waals surface area contributed by atoms with Crippen LogP contribution in [0.15, 0.2) is 36.4 Å². The summed E-state index contributed by atoms with van der Waals surface area (Å²) in [5.41, 5.74) is 0.317. The molecule has 2 rings (SSSR count). The SMILES string of the molecule is C[C@H](Oc1ccc(Cl)cc1Cl)C(=O)OCC(=O)Nc1cc(Cl)ccc1Cl. The number of hydrogen-bond donors (Lipinski definition) is 1. The highest BCUT2D eigenvalue weighted by atomic mass is 35.5. The highest BCUT2D eigenvalue weighted by Crippen LogP contribution is 2.28. The largest absolute Gasteiger partial charge is 0.477 e. The molecule has 0 aliphatic carbocycles. The first-order valence-electron chi connectivity index (χ1n) is 7.29. The smallest absolute Gasteiger partial charge is 0.347 e. The first-order chi connectivity index (χ1) is 12.3. The first kappa shape index (κ1) is 20.6. The number of hydrogen-bond acceptors (Lipinski definition) is 4. The molecule has 0 fully saturated rings. The fraction of sp³-hybridized carbons (Fsp3) is 0.176. The van der Waals surface area contributed by atoms with Gasteiger partial charge in [-0.1, -0.05) is 46.4 Å². The van der Waals surface area contributed by atoms with E-state index in [1.54, 1.807) is 12.1 Å². The van der Waals surface area contributed by atoms with E-state index in [0.29, 0.717) is 20.8 Å². The zero-order chi connectivity index (χ0) is 19.3. The van der Waals surface area contributed by atoms with Crippen LogP contribution >= 0.6 is 46.4 Å². The van der Waals surface area contributed by atoms with Gasteiger partial charge in [-0.2, -0.15) is 0 Å². The standard InChI is InChI=1S/C17H13Cl4NO4/c1-9(26-15-5-3-10(18)6-13(15)21)17(24)25-8-16(23)22-14-7-11(19)2-4-12(14)20/h2-7,9H,8H2,1H3,(H,22,23)/t9-/m0/s1. The molecule has 5 nitrogen and oxygen atoms in total. The van der Waals surface area contributed by atoms with Crippen molar-refractivity contribution in [3.63, 3.8) is 0 Å². The lowest BCUT2D eigenvalue weighted by molar-refractivity contribution is -0.153. The van der Waals surface area contributed by atoms with Crippen LogP contribution in [-0.2, 0) is 14.3 Å². The maximum Gasteiger partial charge on any atom is 0.347 e. The predicted octanol–water partition coefficient (Wildman–Crippen LogP) is 5.25. The van der Waals surface area contributed by atoms with E-state index in [-0.39, 0.29) is 10.8 Å². The average molecular weight is 437 g/mol. The second kappa shape index (κ2) is 9.33. The van der Waals surface area contributed by atoms with Crippen LogP contribution in [0.25, 0.3) is 0 Å². The van der Waals surface area contributed by atoms with E-state index in [9.17, 15) is 9.59 Å². The summed E-state index contributed by atoms with van der Waals surface area (Å²) in [6.07, 6.45) is -0.976. The number of rotatable bonds is 6. The molecule has 0 radical (unpaired) electrons. The maximum atomic E-state index is 12.0. The quantitative estimate of drug-likeness (QED) is 0.628. The molecule has 0 spiro atoms. The number of carbonyl (C=O) groups excluding carboxylic acids is 2. The van der Waals surface area contributed by atoms with E-state index >= 15 is 0 Å². The number of nitrogens with one attached hydrogen (secondary N) is 1. The molecule has 0 saturated carbocycles. The molecule has 0 bridgehead atoms. The lowest BCUT2D eigenvalue weighted by Gasteiger charge is -2.15. The van der Waals surface area contributed by atoms with Gasteiger partial charge in [0, 0.05) is 10.0 Å². The van der Waals surface area contributed by atoms with Crippen molar-refractivity contribution in [2.24, 2.45) is 0 Å². The fourth-order valence-corrected chi connectivity index (χ4v) is 2.63. The molecule has 0 aliphatic heterocycles. The maximum absolute atomic E-state index is 12.0. The van der Waals surface area contributed by atoms with Crippen molar-refractivity contribution in [2.45, 2.75) is 13.0 Å². The van der Waals surface area contributed by atoms with Crippen LogP contribution in [0.3, 0.4) is 0 Å². The molecule has 0 aromatic heterocycles. The van der Waals surface area contributed by atoms with Gasteiger partial charge in [0.15, 0.2) is 12.7 Å². The van der Waals surface area contributed by atoms with Crippen LogP contribution in [0.4, 0.5) is 5.69 Å². The van der Waals surface area contributed by atoms with E-state index in [2.05, 4.69) is 5.32 Å². The Morgan fingerprint density at radius 1 is 1.00 bits per heavy atom. The van der Waals surface area contributed by atoms with Crippen LogP contribution in [0, 0.1) is 0 Å². The third-order valence-corrected chi connectivity index (χ3v) is 4.17. The fourth-order valence-electron chi connectivity index (χ4n) is 1.84. The molecule has 1 amide bonds. The molecule has 1 atom stereocenters. The lowest BCUT2D eigenvalue weighted by Crippen LogP contribution is -2.29. The van der Waals surface area contributed by atoms with Gasteiger partial charge in [0.1, 0.15) is 5.75 Å². The summed E-state index contributed by atoms with van der Waals surface area (Å²) in [5.74, 6) is -1.03. The number of halogens is 4. The average Bonchev–Trinajstić information content (AvgIpc) is 2.58. The zero-order valence-electron chi connectivity index (χ0n) is 13.4. The van der Waals surface area contributed by atoms with E-state index in [4.69, 9.17) is 55.9 Å². The molecule has 9 heteroatoms. The molecule has 0 saturated heterocycles. The molecule has 0 heterocycles. The third kappa shape index (κ3) is 5.95. The molecule has 138 valence electrons. The van der Waals surface area contributed by atoms with Crippen molar-refractivity contribution in [3.05, 3.63) is 56.5 Å². The Morgan fingerprint density at radius 3 is 2.35 bits per heavy atom. The van der Waals surface area contributed by atoms with Gasteiger partial charge in [-0.25, -0.2) is 4.79 Å². The summed E-state index contributed by atoms with van der Waals surface area (Å²) in [6, 6.07) is 9.19. The van der Waals surface area contributed by atoms with Gasteiger partial charge >= 0.3 is 5.97 Å². The molecule has 26 heavy (non-hydrogen) atoms. The lowest BCUT2D eigenvalue weighted by atomic mass is 10.3. The van der Waals surface area contributed by atoms with Crippen LogP contribution in [0.5, 0.6) is 5.75 Å². The normalized spacial score (nSPS) is 11.6. The molecule has 1 N–H and O–H groups in total. The van der Waals surface area contributed by atoms with E-state index in [1.807, 2.05) is 0 Å². The minimum absolute atomic E-state index is 0.255. The Bertz CT molecular complexity index is 828. The topological polar surface area (TPSA) is 64.6 Å². The van der Waals surface area contributed by atoms with Gasteiger partial charge in [0.2, 0.25) is 0 Å². The van der Waals surface area contributed by atoms with Gasteiger partial charge in [-0.3, -0.25) is 4.79 Å². The predicted molar refractivity (Wildman–Crippen MR) is 103 cm³/mol. The second-order valence-corrected chi connectivity index (χ2v) is 6.80. The van der Waals surface area contributed by atoms with Crippen molar-refractivity contribution < 1.29 is 19.1 Å². The van der Waals surface area contributed by atoms with Gasteiger partial charge in [0.25, 0.3) is 5.91 Å². The Labute approximate surface area is 170 Å². The molecule has 0 aliphatic rings. The zero-order valence-corrected chi connectivity index (χ0v) is 16.4. The van der Waals surface area contributed by atoms with E-state index in [0.717, 1.165) is 0 Å². The molecule has 2 aromatic rings. The van der Waals surface area contributed by atoms with Gasteiger partial charge in [-0.05, 0) is 43.3 Å². The van der Waals surface area contributed by atoms with E-state index < -0.39 is 24.6 Å². The van der Waals surface area contributed by atoms with Crippen LogP contribution in [-0.4, -0.2) is 24.6 Å². The van der Waals surface area contributed by atoms with E-state index in [1.165, 1.54) is 31.2 Å². The van der Waals surface area contributed by atoms with Crippen molar-refractivity contribution in [1.29, 1.82) is 0 Å². The van der Waals surface area contributed by atoms with Gasteiger partial charge in [-0.15, -0.1) is 0 Å². The van der Waals surface area contributed by atoms with Crippen molar-refractivity contribution in [3.8, 4) is 5.75 Å². The third-order valence-electron chi connectivity index (χ3n) is 3.08. The highest BCUT2D eigenvalue weighted by molar-refractivity contribution is 6.36. The number of amides is 1. The summed E-state index contributed by atoms with van der Waals surface area (Å²) in [7, 11) is 0. The Kier molecular flexibility index (Phi) is 7.41. The first-order valence-corrected chi connectivity index (χ1v) is 8.80. The van der Waals surface area contributed by atoms with Crippen molar-refractivity contribution >= 4 is 64.0 Å². The molecular weight excluding hydrogens is 424 g/mol. The van der Waals surface area contributed by atoms with Crippen LogP contribution < -0.4 is 10.1 Å². The van der Waals surface area contributed by atoms with Gasteiger partial charge < -0.3 is 14.8 Å². The summed E-state index contributed by atoms with van der Waals surface area (Å²) >= 11 is 23.6. The monoisotopic (exact) mass is 435 g/mol. The van der Waals surface area contributed by atoms with Crippen molar-refractivity contribution in [2.75, 3.05) is 11.9 Å². The Morgan fingerprint density at radius 2 is 1.65 bits per heavy atom. The minimum atomic E-state index is -0.976. The number of anilines is 1. The van der Waals surface area contributed by atoms with Crippen molar-refractivity contribution in [1.82, 2.24) is 0 Å². The number of benzene rings is 2. The summed E-state index contributed by atoms with van der Waals surface area (Å²) in [6.45, 7) is 0.961. The minimum Gasteiger partial charge on any atom is -0.477 e. The molecule has 2 aromatic carbocycles. The summed E-state index contributed by atoms with van der Waals surface area (Å²) in [4.78, 5) is 23.8. The Balaban J connectivity index is 1.87. The summed E-state index contributed by atoms with van der Waals surface area (Å²) in [5, 5.41) is 3.91. The Hall–Kier alpha value is -1.66. The van der Waals surface area contributed by atoms with Crippen LogP contribution in [0.1, 0.15) is 6.92 Å². The number of esters is 1.